The van der Waals surface area contributed by atoms with E-state index in [2.05, 4.69) is 26.0 Å². The number of fused-ring (bicyclic) bond motifs is 1. The average molecular weight is 597 g/mol. The molecule has 1 atom stereocenters. The van der Waals surface area contributed by atoms with Crippen LogP contribution in [0.2, 0.25) is 0 Å². The topological polar surface area (TPSA) is 198 Å². The highest BCUT2D eigenvalue weighted by Crippen LogP contribution is 2.40. The molecule has 0 radical (unpaired) electrons. The van der Waals surface area contributed by atoms with Gasteiger partial charge in [-0.05, 0) is 44.7 Å². The second-order valence-electron chi connectivity index (χ2n) is 11.3. The zero-order valence-corrected chi connectivity index (χ0v) is 24.4. The first-order chi connectivity index (χ1) is 20.4. The van der Waals surface area contributed by atoms with Gasteiger partial charge in [-0.3, -0.25) is 14.3 Å². The van der Waals surface area contributed by atoms with Crippen molar-refractivity contribution >= 4 is 46.2 Å². The number of ether oxygens (including phenoxy) is 1. The molecule has 1 amide bonds. The molecule has 230 valence electrons. The second-order valence-corrected chi connectivity index (χ2v) is 11.3. The lowest BCUT2D eigenvalue weighted by Gasteiger charge is -2.41. The van der Waals surface area contributed by atoms with Crippen molar-refractivity contribution in [2.24, 2.45) is 5.41 Å². The first kappa shape index (κ1) is 31.5. The van der Waals surface area contributed by atoms with Gasteiger partial charge in [0.1, 0.15) is 11.8 Å². The molecular formula is C29H36N6O8. The number of carboxylic acid groups (broad SMARTS) is 2. The van der Waals surface area contributed by atoms with Crippen molar-refractivity contribution in [1.29, 1.82) is 5.26 Å². The van der Waals surface area contributed by atoms with Crippen LogP contribution < -0.4 is 10.2 Å². The maximum absolute atomic E-state index is 14.1. The zero-order valence-electron chi connectivity index (χ0n) is 24.4. The number of benzene rings is 1. The van der Waals surface area contributed by atoms with Crippen molar-refractivity contribution in [2.45, 2.75) is 51.6 Å². The van der Waals surface area contributed by atoms with Gasteiger partial charge in [0.05, 0.1) is 42.1 Å². The van der Waals surface area contributed by atoms with Crippen LogP contribution in [0, 0.1) is 16.7 Å². The summed E-state index contributed by atoms with van der Waals surface area (Å²) >= 11 is 0. The fourth-order valence-electron chi connectivity index (χ4n) is 6.03. The van der Waals surface area contributed by atoms with Gasteiger partial charge in [0.2, 0.25) is 5.78 Å². The molecular weight excluding hydrogens is 560 g/mol. The van der Waals surface area contributed by atoms with Crippen LogP contribution in [0.5, 0.6) is 0 Å². The highest BCUT2D eigenvalue weighted by Gasteiger charge is 2.41. The minimum absolute atomic E-state index is 0.0212. The number of nitrogens with one attached hydrogen (secondary N) is 1. The third kappa shape index (κ3) is 6.47. The fourth-order valence-corrected chi connectivity index (χ4v) is 6.03. The van der Waals surface area contributed by atoms with E-state index in [1.165, 1.54) is 13.2 Å². The fraction of sp³-hybridized carbons (Fsp3) is 0.517. The number of aliphatic hydroxyl groups is 1. The van der Waals surface area contributed by atoms with Crippen LogP contribution in [0.4, 0.5) is 10.5 Å². The minimum atomic E-state index is -1.57. The number of hydrogen-bond donors (Lipinski definition) is 4. The summed E-state index contributed by atoms with van der Waals surface area (Å²) < 4.78 is 5.73. The monoisotopic (exact) mass is 596 g/mol. The molecule has 0 spiro atoms. The predicted molar refractivity (Wildman–Crippen MR) is 155 cm³/mol. The SMILES string of the molecule is COC(=O)NC1CCC(C)(C(=O)c2nc3cc(C#N)c(N4CCN(CCO)C[C@H]4C)cc3n2/C(=C\C(=O)O)C(=O)O)CC1. The number of Topliss-reactive ketones (excluding diaryl/α,β-unsaturated/α-hetero) is 1. The van der Waals surface area contributed by atoms with Crippen molar-refractivity contribution in [3.8, 4) is 6.07 Å². The molecule has 1 saturated carbocycles. The Morgan fingerprint density at radius 1 is 1.21 bits per heavy atom. The Kier molecular flexibility index (Phi) is 9.37. The summed E-state index contributed by atoms with van der Waals surface area (Å²) in [6.45, 7) is 6.02. The van der Waals surface area contributed by atoms with E-state index >= 15 is 0 Å². The van der Waals surface area contributed by atoms with Gasteiger partial charge in [0, 0.05) is 43.7 Å². The van der Waals surface area contributed by atoms with Crippen LogP contribution in [0.1, 0.15) is 55.7 Å². The number of carbonyl (C=O) groups excluding carboxylic acids is 2. The normalized spacial score (nSPS) is 23.0. The van der Waals surface area contributed by atoms with Gasteiger partial charge < -0.3 is 30.3 Å². The number of carboxylic acids is 2. The van der Waals surface area contributed by atoms with E-state index in [4.69, 9.17) is 0 Å². The summed E-state index contributed by atoms with van der Waals surface area (Å²) in [6.07, 6.45) is 1.61. The summed E-state index contributed by atoms with van der Waals surface area (Å²) in [6, 6.07) is 5.00. The number of β-amino-alcohol motifs (C(OH)–C–C–N with tert-alkyl or cyclic N) is 1. The van der Waals surface area contributed by atoms with E-state index in [9.17, 15) is 39.8 Å². The van der Waals surface area contributed by atoms with Crippen LogP contribution in [0.25, 0.3) is 16.7 Å². The molecule has 2 heterocycles. The number of aliphatic carboxylic acids is 2. The Balaban J connectivity index is 1.83. The maximum atomic E-state index is 14.1. The molecule has 4 N–H and O–H groups in total. The van der Waals surface area contributed by atoms with Gasteiger partial charge in [-0.15, -0.1) is 0 Å². The van der Waals surface area contributed by atoms with Crippen LogP contribution in [-0.4, -0.2) is 106 Å². The van der Waals surface area contributed by atoms with Gasteiger partial charge in [-0.25, -0.2) is 19.4 Å². The number of hydrogen-bond acceptors (Lipinski definition) is 10. The molecule has 2 aromatic rings. The first-order valence-corrected chi connectivity index (χ1v) is 14.1. The Hall–Kier alpha value is -4.48. The molecule has 43 heavy (non-hydrogen) atoms. The smallest absolute Gasteiger partial charge is 0.407 e. The molecule has 0 unspecified atom stereocenters. The summed E-state index contributed by atoms with van der Waals surface area (Å²) in [5, 5.41) is 41.7. The lowest BCUT2D eigenvalue weighted by molar-refractivity contribution is -0.133. The van der Waals surface area contributed by atoms with E-state index in [0.717, 1.165) is 4.57 Å². The number of imidazole rings is 1. The molecule has 4 rings (SSSR count). The van der Waals surface area contributed by atoms with Crippen LogP contribution in [0.15, 0.2) is 18.2 Å². The summed E-state index contributed by atoms with van der Waals surface area (Å²) in [5.74, 6) is -3.79. The van der Waals surface area contributed by atoms with Crippen molar-refractivity contribution in [2.75, 3.05) is 44.8 Å². The first-order valence-electron chi connectivity index (χ1n) is 14.1. The molecule has 1 aromatic heterocycles. The van der Waals surface area contributed by atoms with Gasteiger partial charge in [-0.2, -0.15) is 5.26 Å². The third-order valence-corrected chi connectivity index (χ3v) is 8.40. The minimum Gasteiger partial charge on any atom is -0.478 e. The number of anilines is 1. The Bertz CT molecular complexity index is 1500. The quantitative estimate of drug-likeness (QED) is 0.243. The van der Waals surface area contributed by atoms with E-state index in [1.54, 1.807) is 13.0 Å². The number of alkyl carbamates (subject to hydrolysis) is 1. The summed E-state index contributed by atoms with van der Waals surface area (Å²) in [4.78, 5) is 58.5. The van der Waals surface area contributed by atoms with E-state index in [-0.39, 0.29) is 41.1 Å². The zero-order chi connectivity index (χ0) is 31.5. The molecule has 1 aliphatic carbocycles. The number of nitriles is 1. The maximum Gasteiger partial charge on any atom is 0.407 e. The highest BCUT2D eigenvalue weighted by atomic mass is 16.5. The molecule has 2 fully saturated rings. The molecule has 0 bridgehead atoms. The van der Waals surface area contributed by atoms with Crippen LogP contribution in [0.3, 0.4) is 0 Å². The van der Waals surface area contributed by atoms with E-state index < -0.39 is 34.9 Å². The molecule has 2 aliphatic rings. The highest BCUT2D eigenvalue weighted by molar-refractivity contribution is 6.17. The Morgan fingerprint density at radius 2 is 1.91 bits per heavy atom. The van der Waals surface area contributed by atoms with Gasteiger partial charge >= 0.3 is 18.0 Å². The molecule has 1 aromatic carbocycles. The Morgan fingerprint density at radius 3 is 2.47 bits per heavy atom. The number of aliphatic hydroxyl groups excluding tert-OH is 1. The molecule has 14 heteroatoms. The lowest BCUT2D eigenvalue weighted by Crippen LogP contribution is -2.52. The molecule has 1 aliphatic heterocycles. The number of methoxy groups -OCH3 is 1. The standard InChI is InChI=1S/C29H36N6O8/c1-17-16-33(10-11-36)8-9-34(17)21-13-22-20(12-18(21)15-30)32-26(35(22)23(27(40)41)14-24(37)38)25(39)29(2)6-4-19(5-7-29)31-28(42)43-3/h12-14,17,19,36H,4-11,16H2,1-3H3,(H,31,42)(H,37,38)(H,40,41)/b23-14-/t17-,19?,29?/m1/s1. The van der Waals surface area contributed by atoms with Crippen molar-refractivity contribution in [1.82, 2.24) is 19.8 Å². The number of amides is 1. The van der Waals surface area contributed by atoms with E-state index in [1.807, 2.05) is 11.8 Å². The third-order valence-electron chi connectivity index (χ3n) is 8.40. The lowest BCUT2D eigenvalue weighted by atomic mass is 9.71. The molecule has 1 saturated heterocycles. The van der Waals surface area contributed by atoms with Crippen molar-refractivity contribution < 1.29 is 39.2 Å². The largest absolute Gasteiger partial charge is 0.478 e. The number of carbonyl (C=O) groups is 4. The molecule has 14 nitrogen and oxygen atoms in total. The Labute approximate surface area is 248 Å². The van der Waals surface area contributed by atoms with E-state index in [0.29, 0.717) is 63.6 Å². The number of rotatable bonds is 9. The van der Waals surface area contributed by atoms with Gasteiger partial charge in [-0.1, -0.05) is 6.92 Å². The second kappa shape index (κ2) is 12.8. The van der Waals surface area contributed by atoms with Crippen LogP contribution >= 0.6 is 0 Å². The number of nitrogens with zero attached hydrogens (tertiary/aromatic N) is 5. The number of aromatic nitrogens is 2. The van der Waals surface area contributed by atoms with Gasteiger partial charge in [0.15, 0.2) is 5.82 Å². The van der Waals surface area contributed by atoms with Crippen molar-refractivity contribution in [3.05, 3.63) is 29.6 Å². The van der Waals surface area contributed by atoms with Crippen LogP contribution in [-0.2, 0) is 14.3 Å². The van der Waals surface area contributed by atoms with Gasteiger partial charge in [0.25, 0.3) is 0 Å². The number of piperazine rings is 1. The average Bonchev–Trinajstić information content (AvgIpc) is 3.33. The number of ketones is 1. The predicted octanol–water partition coefficient (Wildman–Crippen LogP) is 1.91. The van der Waals surface area contributed by atoms with Crippen molar-refractivity contribution in [3.63, 3.8) is 0 Å². The summed E-state index contributed by atoms with van der Waals surface area (Å²) in [7, 11) is 1.27. The summed E-state index contributed by atoms with van der Waals surface area (Å²) in [5.41, 5.74) is -0.498.